The number of nitrogens with two attached hydrogens (primary N) is 1. The summed E-state index contributed by atoms with van der Waals surface area (Å²) < 4.78 is 10.5. The van der Waals surface area contributed by atoms with Crippen LogP contribution in [-0.4, -0.2) is 25.4 Å². The van der Waals surface area contributed by atoms with Gasteiger partial charge in [-0.25, -0.2) is 0 Å². The first-order chi connectivity index (χ1) is 8.02. The summed E-state index contributed by atoms with van der Waals surface area (Å²) in [7, 11) is 3.14. The van der Waals surface area contributed by atoms with Gasteiger partial charge in [0, 0.05) is 5.56 Å². The molecule has 0 radical (unpaired) electrons. The van der Waals surface area contributed by atoms with Crippen molar-refractivity contribution in [3.8, 4) is 11.5 Å². The number of aliphatic hydroxyl groups excluding tert-OH is 1. The number of para-hydroxylation sites is 1. The summed E-state index contributed by atoms with van der Waals surface area (Å²) in [5.74, 6) is 1.29. The summed E-state index contributed by atoms with van der Waals surface area (Å²) in [6.45, 7) is 3.86. The predicted molar refractivity (Wildman–Crippen MR) is 74.6 cm³/mol. The molecule has 104 valence electrons. The van der Waals surface area contributed by atoms with Crippen molar-refractivity contribution < 1.29 is 14.6 Å². The molecule has 5 heteroatoms. The molecule has 4 nitrogen and oxygen atoms in total. The summed E-state index contributed by atoms with van der Waals surface area (Å²) in [6.07, 6.45) is -0.615. The first-order valence-electron chi connectivity index (χ1n) is 5.67. The third kappa shape index (κ3) is 3.51. The van der Waals surface area contributed by atoms with Crippen molar-refractivity contribution in [1.82, 2.24) is 0 Å². The Balaban J connectivity index is 0.00000289. The highest BCUT2D eigenvalue weighted by molar-refractivity contribution is 5.85. The zero-order valence-electron chi connectivity index (χ0n) is 11.2. The predicted octanol–water partition coefficient (Wildman–Crippen LogP) is 2.14. The number of hydrogen-bond donors (Lipinski definition) is 2. The molecule has 18 heavy (non-hydrogen) atoms. The van der Waals surface area contributed by atoms with Gasteiger partial charge in [-0.05, 0) is 12.0 Å². The maximum absolute atomic E-state index is 10.0. The molecular formula is C13H22ClNO3. The summed E-state index contributed by atoms with van der Waals surface area (Å²) in [4.78, 5) is 0. The SMILES string of the molecule is COc1cccc([C@@H](N)[C@@H](O)C(C)C)c1OC.Cl. The van der Waals surface area contributed by atoms with Gasteiger partial charge in [-0.1, -0.05) is 26.0 Å². The van der Waals surface area contributed by atoms with Crippen LogP contribution in [0.15, 0.2) is 18.2 Å². The molecule has 0 fully saturated rings. The van der Waals surface area contributed by atoms with E-state index in [1.807, 2.05) is 26.0 Å². The van der Waals surface area contributed by atoms with Crippen LogP contribution in [0.2, 0.25) is 0 Å². The molecule has 1 aromatic rings. The number of aliphatic hydroxyl groups is 1. The van der Waals surface area contributed by atoms with E-state index in [0.29, 0.717) is 11.5 Å². The van der Waals surface area contributed by atoms with E-state index in [2.05, 4.69) is 0 Å². The van der Waals surface area contributed by atoms with E-state index in [4.69, 9.17) is 15.2 Å². The highest BCUT2D eigenvalue weighted by atomic mass is 35.5. The average Bonchev–Trinajstić information content (AvgIpc) is 2.35. The molecule has 0 saturated heterocycles. The minimum Gasteiger partial charge on any atom is -0.493 e. The fraction of sp³-hybridized carbons (Fsp3) is 0.538. The lowest BCUT2D eigenvalue weighted by atomic mass is 9.93. The first kappa shape index (κ1) is 17.0. The second kappa shape index (κ2) is 7.46. The van der Waals surface area contributed by atoms with Gasteiger partial charge >= 0.3 is 0 Å². The zero-order valence-corrected chi connectivity index (χ0v) is 12.0. The molecule has 0 heterocycles. The summed E-state index contributed by atoms with van der Waals surface area (Å²) in [5, 5.41) is 10.0. The topological polar surface area (TPSA) is 64.7 Å². The Kier molecular flexibility index (Phi) is 7.06. The van der Waals surface area contributed by atoms with E-state index in [0.717, 1.165) is 5.56 Å². The summed E-state index contributed by atoms with van der Waals surface area (Å²) in [6, 6.07) is 5.00. The van der Waals surface area contributed by atoms with Crippen molar-refractivity contribution in [2.75, 3.05) is 14.2 Å². The number of ether oxygens (including phenoxy) is 2. The maximum atomic E-state index is 10.0. The van der Waals surface area contributed by atoms with Crippen LogP contribution in [0, 0.1) is 5.92 Å². The molecule has 1 aromatic carbocycles. The number of benzene rings is 1. The van der Waals surface area contributed by atoms with Crippen molar-refractivity contribution in [3.63, 3.8) is 0 Å². The Hall–Kier alpha value is -0.970. The number of methoxy groups -OCH3 is 2. The van der Waals surface area contributed by atoms with Crippen LogP contribution in [-0.2, 0) is 0 Å². The van der Waals surface area contributed by atoms with E-state index in [1.165, 1.54) is 0 Å². The minimum absolute atomic E-state index is 0. The van der Waals surface area contributed by atoms with E-state index < -0.39 is 12.1 Å². The quantitative estimate of drug-likeness (QED) is 0.864. The van der Waals surface area contributed by atoms with Gasteiger partial charge in [-0.15, -0.1) is 12.4 Å². The van der Waals surface area contributed by atoms with E-state index in [-0.39, 0.29) is 18.3 Å². The number of rotatable bonds is 5. The molecule has 0 spiro atoms. The second-order valence-corrected chi connectivity index (χ2v) is 4.34. The minimum atomic E-state index is -0.615. The summed E-state index contributed by atoms with van der Waals surface area (Å²) >= 11 is 0. The monoisotopic (exact) mass is 275 g/mol. The van der Waals surface area contributed by atoms with E-state index in [9.17, 15) is 5.11 Å². The number of hydrogen-bond acceptors (Lipinski definition) is 4. The fourth-order valence-corrected chi connectivity index (χ4v) is 1.77. The van der Waals surface area contributed by atoms with Gasteiger partial charge in [0.25, 0.3) is 0 Å². The Labute approximate surface area is 115 Å². The van der Waals surface area contributed by atoms with Gasteiger partial charge in [0.05, 0.1) is 26.4 Å². The largest absolute Gasteiger partial charge is 0.493 e. The lowest BCUT2D eigenvalue weighted by molar-refractivity contribution is 0.0968. The van der Waals surface area contributed by atoms with Crippen molar-refractivity contribution in [2.24, 2.45) is 11.7 Å². The van der Waals surface area contributed by atoms with Crippen molar-refractivity contribution in [1.29, 1.82) is 0 Å². The maximum Gasteiger partial charge on any atom is 0.165 e. The van der Waals surface area contributed by atoms with Crippen LogP contribution in [0.4, 0.5) is 0 Å². The number of halogens is 1. The first-order valence-corrected chi connectivity index (χ1v) is 5.67. The molecule has 2 atom stereocenters. The standard InChI is InChI=1S/C13H21NO3.ClH/c1-8(2)12(15)11(14)9-6-5-7-10(16-3)13(9)17-4;/h5-8,11-12,15H,14H2,1-4H3;1H/t11-,12+;/m1./s1. The molecule has 0 unspecified atom stereocenters. The van der Waals surface area contributed by atoms with Gasteiger partial charge < -0.3 is 20.3 Å². The van der Waals surface area contributed by atoms with Crippen molar-refractivity contribution in [3.05, 3.63) is 23.8 Å². The zero-order chi connectivity index (χ0) is 13.0. The van der Waals surface area contributed by atoms with Crippen LogP contribution in [0.3, 0.4) is 0 Å². The van der Waals surface area contributed by atoms with E-state index in [1.54, 1.807) is 20.3 Å². The molecule has 0 aliphatic carbocycles. The van der Waals surface area contributed by atoms with Crippen LogP contribution in [0.25, 0.3) is 0 Å². The second-order valence-electron chi connectivity index (χ2n) is 4.34. The van der Waals surface area contributed by atoms with Gasteiger partial charge in [0.2, 0.25) is 0 Å². The summed E-state index contributed by atoms with van der Waals surface area (Å²) in [5.41, 5.74) is 6.81. The van der Waals surface area contributed by atoms with Gasteiger partial charge in [-0.2, -0.15) is 0 Å². The molecular weight excluding hydrogens is 254 g/mol. The Morgan fingerprint density at radius 1 is 1.17 bits per heavy atom. The van der Waals surface area contributed by atoms with E-state index >= 15 is 0 Å². The molecule has 0 bridgehead atoms. The molecule has 1 rings (SSSR count). The Morgan fingerprint density at radius 3 is 2.22 bits per heavy atom. The lowest BCUT2D eigenvalue weighted by Crippen LogP contribution is -2.30. The smallest absolute Gasteiger partial charge is 0.165 e. The normalized spacial score (nSPS) is 13.7. The molecule has 0 saturated carbocycles. The Bertz CT molecular complexity index is 371. The lowest BCUT2D eigenvalue weighted by Gasteiger charge is -2.24. The third-order valence-electron chi connectivity index (χ3n) is 2.84. The van der Waals surface area contributed by atoms with Gasteiger partial charge in [-0.3, -0.25) is 0 Å². The Morgan fingerprint density at radius 2 is 1.78 bits per heavy atom. The highest BCUT2D eigenvalue weighted by Crippen LogP contribution is 2.35. The fourth-order valence-electron chi connectivity index (χ4n) is 1.77. The molecule has 0 aromatic heterocycles. The van der Waals surface area contributed by atoms with Gasteiger partial charge in [0.15, 0.2) is 11.5 Å². The molecule has 0 aliphatic heterocycles. The highest BCUT2D eigenvalue weighted by Gasteiger charge is 2.24. The molecule has 3 N–H and O–H groups in total. The van der Waals surface area contributed by atoms with Crippen LogP contribution >= 0.6 is 12.4 Å². The van der Waals surface area contributed by atoms with Crippen molar-refractivity contribution in [2.45, 2.75) is 26.0 Å². The van der Waals surface area contributed by atoms with Crippen LogP contribution in [0.1, 0.15) is 25.5 Å². The molecule has 0 aliphatic rings. The van der Waals surface area contributed by atoms with Gasteiger partial charge in [0.1, 0.15) is 0 Å². The molecule has 0 amide bonds. The third-order valence-corrected chi connectivity index (χ3v) is 2.84. The average molecular weight is 276 g/mol. The van der Waals surface area contributed by atoms with Crippen LogP contribution < -0.4 is 15.2 Å². The van der Waals surface area contributed by atoms with Crippen LogP contribution in [0.5, 0.6) is 11.5 Å². The van der Waals surface area contributed by atoms with Crippen molar-refractivity contribution >= 4 is 12.4 Å².